The van der Waals surface area contributed by atoms with Crippen molar-refractivity contribution in [3.63, 3.8) is 0 Å². The highest BCUT2D eigenvalue weighted by Gasteiger charge is 2.40. The number of rotatable bonds is 4. The molecule has 0 radical (unpaired) electrons. The minimum atomic E-state index is -3.18. The van der Waals surface area contributed by atoms with Crippen LogP contribution in [-0.2, 0) is 9.84 Å². The van der Waals surface area contributed by atoms with Crippen molar-refractivity contribution in [3.05, 3.63) is 35.9 Å². The Labute approximate surface area is 128 Å². The molecular weight excluding hydrogens is 282 g/mol. The van der Waals surface area contributed by atoms with Gasteiger partial charge in [0.25, 0.3) is 0 Å². The molecule has 21 heavy (non-hydrogen) atoms. The standard InChI is InChI=1S/C17H27NO2S/c1-12(2)13(3)21(19,20)17-11-15(9-10-16(17)18)14-7-5-4-6-8-14/h4-8,12-13,15-17H,9-11,18H2,1-3H3. The highest BCUT2D eigenvalue weighted by molar-refractivity contribution is 7.92. The van der Waals surface area contributed by atoms with E-state index >= 15 is 0 Å². The first-order valence-corrected chi connectivity index (χ1v) is 9.48. The fourth-order valence-electron chi connectivity index (χ4n) is 3.21. The summed E-state index contributed by atoms with van der Waals surface area (Å²) in [5.74, 6) is 0.435. The second-order valence-corrected chi connectivity index (χ2v) is 9.19. The van der Waals surface area contributed by atoms with Crippen molar-refractivity contribution >= 4 is 9.84 Å². The smallest absolute Gasteiger partial charge is 0.157 e. The molecule has 3 nitrogen and oxygen atoms in total. The van der Waals surface area contributed by atoms with Gasteiger partial charge in [0.15, 0.2) is 9.84 Å². The largest absolute Gasteiger partial charge is 0.327 e. The minimum absolute atomic E-state index is 0.124. The molecule has 0 aromatic heterocycles. The van der Waals surface area contributed by atoms with Gasteiger partial charge in [-0.3, -0.25) is 0 Å². The number of sulfone groups is 1. The molecule has 1 saturated carbocycles. The van der Waals surface area contributed by atoms with Crippen molar-refractivity contribution in [2.75, 3.05) is 0 Å². The van der Waals surface area contributed by atoms with Crippen LogP contribution in [-0.4, -0.2) is 25.0 Å². The van der Waals surface area contributed by atoms with E-state index < -0.39 is 15.1 Å². The van der Waals surface area contributed by atoms with Crippen LogP contribution in [0, 0.1) is 5.92 Å². The van der Waals surface area contributed by atoms with Crippen molar-refractivity contribution in [3.8, 4) is 0 Å². The summed E-state index contributed by atoms with van der Waals surface area (Å²) in [5, 5.41) is -0.739. The Morgan fingerprint density at radius 2 is 1.71 bits per heavy atom. The molecule has 1 aromatic carbocycles. The summed E-state index contributed by atoms with van der Waals surface area (Å²) in [6.45, 7) is 5.75. The van der Waals surface area contributed by atoms with E-state index in [0.29, 0.717) is 12.3 Å². The Bertz CT molecular complexity index is 553. The summed E-state index contributed by atoms with van der Waals surface area (Å²) in [6.07, 6.45) is 2.42. The summed E-state index contributed by atoms with van der Waals surface area (Å²) < 4.78 is 25.7. The Hall–Kier alpha value is -0.870. The summed E-state index contributed by atoms with van der Waals surface area (Å²) in [4.78, 5) is 0. The molecule has 1 aromatic rings. The summed E-state index contributed by atoms with van der Waals surface area (Å²) in [7, 11) is -3.18. The van der Waals surface area contributed by atoms with Gasteiger partial charge in [-0.15, -0.1) is 0 Å². The topological polar surface area (TPSA) is 60.2 Å². The Balaban J connectivity index is 2.23. The number of hydrogen-bond donors (Lipinski definition) is 1. The molecule has 118 valence electrons. The summed E-state index contributed by atoms with van der Waals surface area (Å²) in [5.41, 5.74) is 7.40. The van der Waals surface area contributed by atoms with Gasteiger partial charge in [-0.05, 0) is 43.6 Å². The maximum atomic E-state index is 12.8. The average Bonchev–Trinajstić information content (AvgIpc) is 2.47. The second-order valence-electron chi connectivity index (χ2n) is 6.66. The third-order valence-corrected chi connectivity index (χ3v) is 7.96. The van der Waals surface area contributed by atoms with Crippen molar-refractivity contribution in [2.24, 2.45) is 11.7 Å². The number of hydrogen-bond acceptors (Lipinski definition) is 3. The van der Waals surface area contributed by atoms with Crippen molar-refractivity contribution in [2.45, 2.75) is 62.5 Å². The van der Waals surface area contributed by atoms with E-state index in [0.717, 1.165) is 12.8 Å². The quantitative estimate of drug-likeness (QED) is 0.929. The lowest BCUT2D eigenvalue weighted by Gasteiger charge is -2.36. The molecule has 0 aliphatic heterocycles. The molecule has 1 aliphatic rings. The van der Waals surface area contributed by atoms with Gasteiger partial charge in [-0.2, -0.15) is 0 Å². The minimum Gasteiger partial charge on any atom is -0.327 e. The van der Waals surface area contributed by atoms with Crippen LogP contribution in [0.5, 0.6) is 0 Å². The maximum absolute atomic E-state index is 12.8. The predicted octanol–water partition coefficient (Wildman–Crippen LogP) is 3.11. The molecule has 1 fully saturated rings. The van der Waals surface area contributed by atoms with Crippen LogP contribution < -0.4 is 5.73 Å². The molecule has 4 atom stereocenters. The predicted molar refractivity (Wildman–Crippen MR) is 88.0 cm³/mol. The van der Waals surface area contributed by atoms with Gasteiger partial charge in [0.2, 0.25) is 0 Å². The van der Waals surface area contributed by atoms with Crippen molar-refractivity contribution in [1.82, 2.24) is 0 Å². The molecule has 1 aliphatic carbocycles. The van der Waals surface area contributed by atoms with Crippen LogP contribution >= 0.6 is 0 Å². The second kappa shape index (κ2) is 6.49. The number of benzene rings is 1. The van der Waals surface area contributed by atoms with E-state index in [2.05, 4.69) is 12.1 Å². The zero-order valence-electron chi connectivity index (χ0n) is 13.2. The van der Waals surface area contributed by atoms with Gasteiger partial charge in [0, 0.05) is 6.04 Å². The average molecular weight is 309 g/mol. The third-order valence-electron chi connectivity index (χ3n) is 4.99. The lowest BCUT2D eigenvalue weighted by atomic mass is 9.82. The normalized spacial score (nSPS) is 28.5. The molecule has 0 saturated heterocycles. The van der Waals surface area contributed by atoms with E-state index in [9.17, 15) is 8.42 Å². The Morgan fingerprint density at radius 1 is 1.10 bits per heavy atom. The molecule has 0 bridgehead atoms. The van der Waals surface area contributed by atoms with Crippen molar-refractivity contribution < 1.29 is 8.42 Å². The third kappa shape index (κ3) is 3.49. The van der Waals surface area contributed by atoms with E-state index in [4.69, 9.17) is 5.73 Å². The molecule has 4 heteroatoms. The van der Waals surface area contributed by atoms with Crippen LogP contribution in [0.1, 0.15) is 51.5 Å². The monoisotopic (exact) mass is 309 g/mol. The summed E-state index contributed by atoms with van der Waals surface area (Å²) in [6, 6.07) is 9.99. The van der Waals surface area contributed by atoms with E-state index in [1.165, 1.54) is 5.56 Å². The van der Waals surface area contributed by atoms with Gasteiger partial charge in [-0.25, -0.2) is 8.42 Å². The molecule has 0 amide bonds. The SMILES string of the molecule is CC(C)C(C)S(=O)(=O)C1CC(c2ccccc2)CCC1N. The first-order chi connectivity index (χ1) is 9.84. The van der Waals surface area contributed by atoms with Crippen LogP contribution in [0.15, 0.2) is 30.3 Å². The van der Waals surface area contributed by atoms with Crippen LogP contribution in [0.25, 0.3) is 0 Å². The zero-order chi connectivity index (χ0) is 15.6. The molecule has 4 unspecified atom stereocenters. The first-order valence-electron chi connectivity index (χ1n) is 7.87. The van der Waals surface area contributed by atoms with Gasteiger partial charge in [0.1, 0.15) is 0 Å². The van der Waals surface area contributed by atoms with Crippen molar-refractivity contribution in [1.29, 1.82) is 0 Å². The van der Waals surface area contributed by atoms with Crippen LogP contribution in [0.2, 0.25) is 0 Å². The molecule has 2 N–H and O–H groups in total. The van der Waals surface area contributed by atoms with Gasteiger partial charge in [-0.1, -0.05) is 44.2 Å². The fourth-order valence-corrected chi connectivity index (χ4v) is 5.65. The van der Waals surface area contributed by atoms with Gasteiger partial charge >= 0.3 is 0 Å². The summed E-state index contributed by atoms with van der Waals surface area (Å²) >= 11 is 0. The van der Waals surface area contributed by atoms with Crippen LogP contribution in [0.4, 0.5) is 0 Å². The molecular formula is C17H27NO2S. The molecule has 2 rings (SSSR count). The van der Waals surface area contributed by atoms with Crippen LogP contribution in [0.3, 0.4) is 0 Å². The highest BCUT2D eigenvalue weighted by Crippen LogP contribution is 2.37. The lowest BCUT2D eigenvalue weighted by molar-refractivity contribution is 0.386. The molecule has 0 spiro atoms. The fraction of sp³-hybridized carbons (Fsp3) is 0.647. The van der Waals surface area contributed by atoms with E-state index in [1.807, 2.05) is 39.0 Å². The Kier molecular flexibility index (Phi) is 5.10. The number of nitrogens with two attached hydrogens (primary N) is 1. The highest BCUT2D eigenvalue weighted by atomic mass is 32.2. The van der Waals surface area contributed by atoms with Gasteiger partial charge < -0.3 is 5.73 Å². The van der Waals surface area contributed by atoms with E-state index in [1.54, 1.807) is 0 Å². The molecule has 0 heterocycles. The van der Waals surface area contributed by atoms with E-state index in [-0.39, 0.29) is 17.2 Å². The maximum Gasteiger partial charge on any atom is 0.157 e. The zero-order valence-corrected chi connectivity index (χ0v) is 14.0. The first kappa shape index (κ1) is 16.5. The Morgan fingerprint density at radius 3 is 2.29 bits per heavy atom. The lowest BCUT2D eigenvalue weighted by Crippen LogP contribution is -2.48. The van der Waals surface area contributed by atoms with Gasteiger partial charge in [0.05, 0.1) is 10.5 Å².